The monoisotopic (exact) mass is 363 g/mol. The molecule has 2 N–H and O–H groups in total. The minimum atomic E-state index is -4.38. The molecule has 0 radical (unpaired) electrons. The summed E-state index contributed by atoms with van der Waals surface area (Å²) in [5.74, 6) is 0. The third-order valence-corrected chi connectivity index (χ3v) is 4.42. The van der Waals surface area contributed by atoms with E-state index in [4.69, 9.17) is 0 Å². The van der Waals surface area contributed by atoms with Crippen molar-refractivity contribution in [1.82, 2.24) is 5.32 Å². The Labute approximate surface area is 150 Å². The van der Waals surface area contributed by atoms with Crippen LogP contribution in [0.1, 0.15) is 18.4 Å². The normalized spacial score (nSPS) is 15.6. The van der Waals surface area contributed by atoms with Crippen LogP contribution in [0.25, 0.3) is 0 Å². The maximum absolute atomic E-state index is 12.5. The Morgan fingerprint density at radius 1 is 0.962 bits per heavy atom. The highest BCUT2D eigenvalue weighted by Gasteiger charge is 2.30. The van der Waals surface area contributed by atoms with Gasteiger partial charge in [-0.3, -0.25) is 0 Å². The number of alkyl halides is 3. The van der Waals surface area contributed by atoms with E-state index in [1.807, 2.05) is 18.2 Å². The fourth-order valence-electron chi connectivity index (χ4n) is 3.02. The van der Waals surface area contributed by atoms with E-state index in [9.17, 15) is 18.0 Å². The molecule has 26 heavy (non-hydrogen) atoms. The molecule has 138 valence electrons. The van der Waals surface area contributed by atoms with Gasteiger partial charge in [0.05, 0.1) is 5.56 Å². The van der Waals surface area contributed by atoms with Crippen molar-refractivity contribution in [3.63, 3.8) is 0 Å². The average Bonchev–Trinajstić information content (AvgIpc) is 2.63. The number of nitrogens with one attached hydrogen (secondary N) is 2. The van der Waals surface area contributed by atoms with E-state index in [0.29, 0.717) is 5.69 Å². The van der Waals surface area contributed by atoms with Gasteiger partial charge in [-0.05, 0) is 49.2 Å². The van der Waals surface area contributed by atoms with E-state index in [-0.39, 0.29) is 6.04 Å². The molecule has 0 aliphatic carbocycles. The summed E-state index contributed by atoms with van der Waals surface area (Å²) >= 11 is 0. The van der Waals surface area contributed by atoms with Crippen LogP contribution >= 0.6 is 0 Å². The van der Waals surface area contributed by atoms with Crippen LogP contribution in [0.3, 0.4) is 0 Å². The van der Waals surface area contributed by atoms with Crippen molar-refractivity contribution in [3.8, 4) is 0 Å². The van der Waals surface area contributed by atoms with Gasteiger partial charge in [0.15, 0.2) is 0 Å². The summed E-state index contributed by atoms with van der Waals surface area (Å²) < 4.78 is 37.6. The van der Waals surface area contributed by atoms with Gasteiger partial charge in [-0.15, -0.1) is 0 Å². The van der Waals surface area contributed by atoms with Crippen molar-refractivity contribution in [2.24, 2.45) is 0 Å². The molecule has 1 aliphatic heterocycles. The van der Waals surface area contributed by atoms with E-state index < -0.39 is 17.8 Å². The molecular weight excluding hydrogens is 343 g/mol. The van der Waals surface area contributed by atoms with E-state index in [1.54, 1.807) is 0 Å². The number of hydrogen-bond acceptors (Lipinski definition) is 2. The number of carbonyl (C=O) groups is 1. The second-order valence-corrected chi connectivity index (χ2v) is 6.27. The van der Waals surface area contributed by atoms with Crippen LogP contribution in [0.15, 0.2) is 54.6 Å². The molecule has 0 unspecified atom stereocenters. The third-order valence-electron chi connectivity index (χ3n) is 4.42. The first-order chi connectivity index (χ1) is 12.4. The summed E-state index contributed by atoms with van der Waals surface area (Å²) in [4.78, 5) is 14.3. The highest BCUT2D eigenvalue weighted by molar-refractivity contribution is 5.89. The van der Waals surface area contributed by atoms with E-state index in [1.165, 1.54) is 17.8 Å². The molecule has 4 nitrogen and oxygen atoms in total. The number of benzene rings is 2. The van der Waals surface area contributed by atoms with Gasteiger partial charge in [0.2, 0.25) is 0 Å². The Balaban J connectivity index is 1.47. The third kappa shape index (κ3) is 4.68. The van der Waals surface area contributed by atoms with Crippen molar-refractivity contribution in [3.05, 3.63) is 60.2 Å². The number of piperidine rings is 1. The predicted octanol–water partition coefficient (Wildman–Crippen LogP) is 4.50. The molecule has 0 spiro atoms. The molecule has 0 bridgehead atoms. The minimum absolute atomic E-state index is 0.0458. The molecule has 1 saturated heterocycles. The lowest BCUT2D eigenvalue weighted by Gasteiger charge is -2.33. The van der Waals surface area contributed by atoms with Crippen LogP contribution < -0.4 is 15.5 Å². The van der Waals surface area contributed by atoms with E-state index in [0.717, 1.165) is 38.1 Å². The Hall–Kier alpha value is -2.70. The Bertz CT molecular complexity index is 724. The summed E-state index contributed by atoms with van der Waals surface area (Å²) in [5.41, 5.74) is 0.758. The average molecular weight is 363 g/mol. The molecule has 1 fully saturated rings. The number of para-hydroxylation sites is 1. The molecule has 0 saturated carbocycles. The lowest BCUT2D eigenvalue weighted by molar-refractivity contribution is -0.137. The van der Waals surface area contributed by atoms with Gasteiger partial charge in [-0.1, -0.05) is 18.2 Å². The Kier molecular flexibility index (Phi) is 5.35. The summed E-state index contributed by atoms with van der Waals surface area (Å²) in [6, 6.07) is 14.1. The summed E-state index contributed by atoms with van der Waals surface area (Å²) in [5, 5.41) is 5.47. The second-order valence-electron chi connectivity index (χ2n) is 6.27. The number of halogens is 3. The molecule has 2 aromatic rings. The molecule has 3 rings (SSSR count). The molecule has 0 atom stereocenters. The van der Waals surface area contributed by atoms with Gasteiger partial charge in [0.25, 0.3) is 0 Å². The van der Waals surface area contributed by atoms with E-state index in [2.05, 4.69) is 27.7 Å². The van der Waals surface area contributed by atoms with Crippen LogP contribution in [0.5, 0.6) is 0 Å². The van der Waals surface area contributed by atoms with Crippen LogP contribution in [-0.4, -0.2) is 25.2 Å². The smallest absolute Gasteiger partial charge is 0.371 e. The van der Waals surface area contributed by atoms with Crippen molar-refractivity contribution in [1.29, 1.82) is 0 Å². The van der Waals surface area contributed by atoms with Gasteiger partial charge < -0.3 is 15.5 Å². The number of nitrogens with zero attached hydrogens (tertiary/aromatic N) is 1. The largest absolute Gasteiger partial charge is 0.416 e. The molecule has 2 aromatic carbocycles. The van der Waals surface area contributed by atoms with Gasteiger partial charge >= 0.3 is 12.2 Å². The highest BCUT2D eigenvalue weighted by atomic mass is 19.4. The fraction of sp³-hybridized carbons (Fsp3) is 0.316. The lowest BCUT2D eigenvalue weighted by Crippen LogP contribution is -2.46. The first-order valence-electron chi connectivity index (χ1n) is 8.46. The van der Waals surface area contributed by atoms with Crippen molar-refractivity contribution < 1.29 is 18.0 Å². The SMILES string of the molecule is O=C(Nc1ccc(C(F)(F)F)cc1)NC1CCN(c2ccccc2)CC1. The first kappa shape index (κ1) is 18.1. The zero-order valence-electron chi connectivity index (χ0n) is 14.1. The van der Waals surface area contributed by atoms with Crippen LogP contribution in [-0.2, 0) is 6.18 Å². The van der Waals surface area contributed by atoms with Gasteiger partial charge in [-0.25, -0.2) is 4.79 Å². The number of amides is 2. The van der Waals surface area contributed by atoms with Gasteiger partial charge in [0, 0.05) is 30.5 Å². The second kappa shape index (κ2) is 7.68. The minimum Gasteiger partial charge on any atom is -0.371 e. The topological polar surface area (TPSA) is 44.4 Å². The van der Waals surface area contributed by atoms with Crippen molar-refractivity contribution in [2.45, 2.75) is 25.1 Å². The molecule has 1 heterocycles. The lowest BCUT2D eigenvalue weighted by atomic mass is 10.0. The zero-order valence-corrected chi connectivity index (χ0v) is 14.1. The summed E-state index contributed by atoms with van der Waals surface area (Å²) in [6.45, 7) is 1.68. The van der Waals surface area contributed by atoms with Crippen molar-refractivity contribution in [2.75, 3.05) is 23.3 Å². The predicted molar refractivity (Wildman–Crippen MR) is 95.3 cm³/mol. The molecule has 0 aromatic heterocycles. The van der Waals surface area contributed by atoms with Crippen LogP contribution in [0, 0.1) is 0 Å². The number of hydrogen-bond donors (Lipinski definition) is 2. The van der Waals surface area contributed by atoms with Crippen LogP contribution in [0.4, 0.5) is 29.3 Å². The van der Waals surface area contributed by atoms with Gasteiger partial charge in [0.1, 0.15) is 0 Å². The van der Waals surface area contributed by atoms with Crippen LogP contribution in [0.2, 0.25) is 0 Å². The number of rotatable bonds is 3. The van der Waals surface area contributed by atoms with Crippen molar-refractivity contribution >= 4 is 17.4 Å². The maximum Gasteiger partial charge on any atom is 0.416 e. The van der Waals surface area contributed by atoms with Gasteiger partial charge in [-0.2, -0.15) is 13.2 Å². The Morgan fingerprint density at radius 3 is 2.15 bits per heavy atom. The quantitative estimate of drug-likeness (QED) is 0.844. The fourth-order valence-corrected chi connectivity index (χ4v) is 3.02. The Morgan fingerprint density at radius 2 is 1.58 bits per heavy atom. The van der Waals surface area contributed by atoms with E-state index >= 15 is 0 Å². The summed E-state index contributed by atoms with van der Waals surface area (Å²) in [6.07, 6.45) is -2.75. The number of anilines is 2. The summed E-state index contributed by atoms with van der Waals surface area (Å²) in [7, 11) is 0. The highest BCUT2D eigenvalue weighted by Crippen LogP contribution is 2.29. The molecule has 2 amide bonds. The molecule has 7 heteroatoms. The molecule has 1 aliphatic rings. The zero-order chi connectivity index (χ0) is 18.6. The first-order valence-corrected chi connectivity index (χ1v) is 8.46. The number of urea groups is 1. The molecular formula is C19H20F3N3O. The maximum atomic E-state index is 12.5. The number of carbonyl (C=O) groups excluding carboxylic acids is 1. The standard InChI is InChI=1S/C19H20F3N3O/c20-19(21,22)14-6-8-15(9-7-14)23-18(26)24-16-10-12-25(13-11-16)17-4-2-1-3-5-17/h1-9,16H,10-13H2,(H2,23,24,26).